The summed E-state index contributed by atoms with van der Waals surface area (Å²) in [4.78, 5) is 60.9. The molecule has 0 bridgehead atoms. The third kappa shape index (κ3) is 10.6. The fourth-order valence-corrected chi connectivity index (χ4v) is 4.10. The number of anilines is 3. The van der Waals surface area contributed by atoms with E-state index >= 15 is 0 Å². The van der Waals surface area contributed by atoms with Gasteiger partial charge < -0.3 is 29.7 Å². The minimum atomic E-state index is -1.04. The van der Waals surface area contributed by atoms with Crippen LogP contribution < -0.4 is 20.3 Å². The number of ether oxygens (including phenoxy) is 3. The van der Waals surface area contributed by atoms with Crippen molar-refractivity contribution in [2.75, 3.05) is 48.4 Å². The van der Waals surface area contributed by atoms with Crippen molar-refractivity contribution < 1.29 is 38.3 Å². The molecule has 3 aromatic carbocycles. The average Bonchev–Trinajstić information content (AvgIpc) is 3.00. The van der Waals surface area contributed by atoms with Crippen molar-refractivity contribution in [3.63, 3.8) is 0 Å². The van der Waals surface area contributed by atoms with E-state index in [1.54, 1.807) is 42.2 Å². The van der Waals surface area contributed by atoms with Crippen LogP contribution in [0.15, 0.2) is 70.9 Å². The van der Waals surface area contributed by atoms with Crippen molar-refractivity contribution in [3.8, 4) is 5.75 Å². The molecule has 0 saturated carbocycles. The number of rotatable bonds is 14. The molecule has 0 aliphatic heterocycles. The first-order valence-electron chi connectivity index (χ1n) is 13.8. The van der Waals surface area contributed by atoms with E-state index in [-0.39, 0.29) is 59.8 Å². The van der Waals surface area contributed by atoms with E-state index in [1.807, 2.05) is 0 Å². The third-order valence-corrected chi connectivity index (χ3v) is 6.28. The zero-order chi connectivity index (χ0) is 33.6. The lowest BCUT2D eigenvalue weighted by Crippen LogP contribution is -2.32. The fraction of sp³-hybridized carbons (Fsp3) is 0.267. The van der Waals surface area contributed by atoms with Crippen LogP contribution in [0.4, 0.5) is 34.1 Å². The van der Waals surface area contributed by atoms with Crippen molar-refractivity contribution in [1.82, 2.24) is 0 Å². The number of hydrogen-bond donors (Lipinski definition) is 2. The lowest BCUT2D eigenvalue weighted by atomic mass is 10.2. The van der Waals surface area contributed by atoms with Crippen LogP contribution >= 0.6 is 11.6 Å². The molecule has 2 N–H and O–H groups in total. The molecule has 15 nitrogen and oxygen atoms in total. The zero-order valence-corrected chi connectivity index (χ0v) is 25.9. The highest BCUT2D eigenvalue weighted by Crippen LogP contribution is 2.34. The van der Waals surface area contributed by atoms with E-state index in [0.29, 0.717) is 18.0 Å². The molecule has 3 rings (SSSR count). The van der Waals surface area contributed by atoms with Gasteiger partial charge in [-0.05, 0) is 43.3 Å². The summed E-state index contributed by atoms with van der Waals surface area (Å²) in [6, 6.07) is 14.9. The Hall–Kier alpha value is -5.57. The van der Waals surface area contributed by atoms with Crippen LogP contribution in [0.1, 0.15) is 20.8 Å². The molecule has 0 fully saturated rings. The van der Waals surface area contributed by atoms with Crippen molar-refractivity contribution in [2.45, 2.75) is 20.8 Å². The molecule has 0 spiro atoms. The molecule has 0 aliphatic rings. The Kier molecular flexibility index (Phi) is 12.9. The number of hydrogen-bond acceptors (Lipinski definition) is 12. The fourth-order valence-electron chi connectivity index (χ4n) is 3.88. The van der Waals surface area contributed by atoms with Gasteiger partial charge in [-0.1, -0.05) is 23.7 Å². The molecule has 16 heteroatoms. The third-order valence-electron chi connectivity index (χ3n) is 5.98. The molecular weight excluding hydrogens is 624 g/mol. The molecule has 0 aliphatic carbocycles. The van der Waals surface area contributed by atoms with E-state index in [4.69, 9.17) is 25.8 Å². The monoisotopic (exact) mass is 654 g/mol. The van der Waals surface area contributed by atoms with Gasteiger partial charge in [-0.15, -0.1) is 10.2 Å². The highest BCUT2D eigenvalue weighted by Gasteiger charge is 2.20. The van der Waals surface area contributed by atoms with Crippen LogP contribution in [0.25, 0.3) is 0 Å². The summed E-state index contributed by atoms with van der Waals surface area (Å²) in [5, 5.41) is 24.3. The maximum absolute atomic E-state index is 13.1. The molecule has 0 unspecified atom stereocenters. The van der Waals surface area contributed by atoms with Crippen LogP contribution in [0, 0.1) is 10.1 Å². The van der Waals surface area contributed by atoms with Gasteiger partial charge in [-0.3, -0.25) is 29.3 Å². The number of amides is 2. The Bertz CT molecular complexity index is 1610. The van der Waals surface area contributed by atoms with Crippen LogP contribution in [0.2, 0.25) is 5.02 Å². The number of carbonyl (C=O) groups excluding carboxylic acids is 4. The maximum atomic E-state index is 13.1. The smallest absolute Gasteiger partial charge is 0.314 e. The Labute approximate surface area is 268 Å². The number of nitro benzene ring substituents is 1. The Balaban J connectivity index is 1.96. The van der Waals surface area contributed by atoms with Crippen LogP contribution in [-0.4, -0.2) is 61.6 Å². The lowest BCUT2D eigenvalue weighted by Gasteiger charge is -2.25. The van der Waals surface area contributed by atoms with Gasteiger partial charge in [0, 0.05) is 31.7 Å². The number of non-ortho nitro benzene ring substituents is 1. The normalized spacial score (nSPS) is 10.6. The minimum absolute atomic E-state index is 0.0127. The number of benzene rings is 3. The first kappa shape index (κ1) is 34.9. The molecular formula is C30H31ClN6O9. The molecule has 0 heterocycles. The highest BCUT2D eigenvalue weighted by atomic mass is 35.5. The standard InChI is InChI=1S/C30H31ClN6O9/c1-4-44-28-8-6-5-7-26(28)32-29(40)30(41)33-27-18-21(36(13-15-45-19(2)38)14-16-46-20(3)39)9-12-25(27)35-34-24-11-10-22(37(42)43)17-23(24)31/h5-12,17-18H,4,13-16H2,1-3H3,(H,32,40)(H,33,41). The molecule has 0 atom stereocenters. The molecule has 3 aromatic rings. The second kappa shape index (κ2) is 17.1. The van der Waals surface area contributed by atoms with E-state index in [9.17, 15) is 29.3 Å². The van der Waals surface area contributed by atoms with E-state index in [2.05, 4.69) is 20.9 Å². The molecule has 0 aromatic heterocycles. The second-order valence-corrected chi connectivity index (χ2v) is 9.71. The van der Waals surface area contributed by atoms with Crippen LogP contribution in [-0.2, 0) is 28.7 Å². The summed E-state index contributed by atoms with van der Waals surface area (Å²) in [5.74, 6) is -2.63. The average molecular weight is 655 g/mol. The van der Waals surface area contributed by atoms with Gasteiger partial charge in [0.25, 0.3) is 5.69 Å². The SMILES string of the molecule is CCOc1ccccc1NC(=O)C(=O)Nc1cc(N(CCOC(C)=O)CCOC(C)=O)ccc1N=Nc1ccc([N+](=O)[O-])cc1Cl. The quantitative estimate of drug-likeness (QED) is 0.0730. The zero-order valence-electron chi connectivity index (χ0n) is 25.2. The van der Waals surface area contributed by atoms with E-state index < -0.39 is 28.7 Å². The number of nitro groups is 1. The molecule has 2 amide bonds. The van der Waals surface area contributed by atoms with Gasteiger partial charge in [0.05, 0.1) is 41.0 Å². The summed E-state index contributed by atoms with van der Waals surface area (Å²) < 4.78 is 15.6. The number of carbonyl (C=O) groups is 4. The van der Waals surface area contributed by atoms with Gasteiger partial charge in [0.1, 0.15) is 30.3 Å². The van der Waals surface area contributed by atoms with E-state index in [1.165, 1.54) is 38.1 Å². The van der Waals surface area contributed by atoms with Gasteiger partial charge in [0.15, 0.2) is 0 Å². The number of halogens is 1. The topological polar surface area (TPSA) is 191 Å². The summed E-state index contributed by atoms with van der Waals surface area (Å²) in [6.45, 7) is 5.07. The maximum Gasteiger partial charge on any atom is 0.314 e. The highest BCUT2D eigenvalue weighted by molar-refractivity contribution is 6.44. The van der Waals surface area contributed by atoms with Gasteiger partial charge in [-0.25, -0.2) is 0 Å². The first-order chi connectivity index (χ1) is 22.0. The molecule has 46 heavy (non-hydrogen) atoms. The second-order valence-electron chi connectivity index (χ2n) is 9.30. The molecule has 242 valence electrons. The van der Waals surface area contributed by atoms with Gasteiger partial charge in [0.2, 0.25) is 0 Å². The predicted molar refractivity (Wildman–Crippen MR) is 169 cm³/mol. The first-order valence-corrected chi connectivity index (χ1v) is 14.2. The van der Waals surface area contributed by atoms with E-state index in [0.717, 1.165) is 6.07 Å². The van der Waals surface area contributed by atoms with Gasteiger partial charge >= 0.3 is 23.8 Å². The summed E-state index contributed by atoms with van der Waals surface area (Å²) in [5.41, 5.74) is 0.817. The van der Waals surface area contributed by atoms with Crippen LogP contribution in [0.5, 0.6) is 5.75 Å². The van der Waals surface area contributed by atoms with Crippen molar-refractivity contribution in [3.05, 3.63) is 75.8 Å². The number of nitrogens with zero attached hydrogens (tertiary/aromatic N) is 4. The summed E-state index contributed by atoms with van der Waals surface area (Å²) >= 11 is 6.16. The lowest BCUT2D eigenvalue weighted by molar-refractivity contribution is -0.384. The molecule has 0 radical (unpaired) electrons. The van der Waals surface area contributed by atoms with Crippen molar-refractivity contribution >= 4 is 69.5 Å². The van der Waals surface area contributed by atoms with Gasteiger partial charge in [-0.2, -0.15) is 0 Å². The Morgan fingerprint density at radius 1 is 0.848 bits per heavy atom. The number of esters is 2. The van der Waals surface area contributed by atoms with Crippen LogP contribution in [0.3, 0.4) is 0 Å². The van der Waals surface area contributed by atoms with Crippen molar-refractivity contribution in [1.29, 1.82) is 0 Å². The summed E-state index contributed by atoms with van der Waals surface area (Å²) in [6.07, 6.45) is 0. The number of azo groups is 1. The largest absolute Gasteiger partial charge is 0.492 e. The molecule has 0 saturated heterocycles. The minimum Gasteiger partial charge on any atom is -0.492 e. The Morgan fingerprint density at radius 3 is 2.02 bits per heavy atom. The predicted octanol–water partition coefficient (Wildman–Crippen LogP) is 5.57. The Morgan fingerprint density at radius 2 is 1.43 bits per heavy atom. The van der Waals surface area contributed by atoms with Crippen molar-refractivity contribution in [2.24, 2.45) is 10.2 Å². The summed E-state index contributed by atoms with van der Waals surface area (Å²) in [7, 11) is 0. The number of para-hydroxylation sites is 2. The number of nitrogens with one attached hydrogen (secondary N) is 2.